The van der Waals surface area contributed by atoms with Gasteiger partial charge in [0, 0.05) is 17.6 Å². The Morgan fingerprint density at radius 2 is 2.40 bits per heavy atom. The minimum atomic E-state index is -0.402. The molecule has 2 heterocycles. The van der Waals surface area contributed by atoms with Crippen molar-refractivity contribution in [2.75, 3.05) is 11.9 Å². The van der Waals surface area contributed by atoms with Crippen LogP contribution in [0.1, 0.15) is 18.4 Å². The Labute approximate surface area is 116 Å². The second kappa shape index (κ2) is 5.22. The van der Waals surface area contributed by atoms with E-state index in [-0.39, 0.29) is 12.0 Å². The van der Waals surface area contributed by atoms with Gasteiger partial charge in [-0.05, 0) is 37.5 Å². The lowest BCUT2D eigenvalue weighted by atomic mass is 10.1. The Bertz CT molecular complexity index is 637. The quantitative estimate of drug-likeness (QED) is 0.787. The number of aromatic amines is 1. The Balaban J connectivity index is 1.75. The van der Waals surface area contributed by atoms with E-state index in [2.05, 4.69) is 15.5 Å². The van der Waals surface area contributed by atoms with Gasteiger partial charge < -0.3 is 15.8 Å². The van der Waals surface area contributed by atoms with Gasteiger partial charge in [0.1, 0.15) is 6.10 Å². The SMILES string of the molecule is Cc1cc2cn[nH]c2cc1NC(=O)[C@@H]1CC[C@H](CN)O1. The van der Waals surface area contributed by atoms with E-state index in [9.17, 15) is 4.79 Å². The zero-order chi connectivity index (χ0) is 14.1. The van der Waals surface area contributed by atoms with Crippen molar-refractivity contribution >= 4 is 22.5 Å². The molecule has 1 aliphatic heterocycles. The number of nitrogens with zero attached hydrogens (tertiary/aromatic N) is 1. The second-order valence-electron chi connectivity index (χ2n) is 5.17. The first kappa shape index (κ1) is 13.1. The third-order valence-electron chi connectivity index (χ3n) is 3.71. The monoisotopic (exact) mass is 274 g/mol. The van der Waals surface area contributed by atoms with Crippen LogP contribution in [-0.4, -0.2) is 34.9 Å². The molecule has 1 aromatic carbocycles. The highest BCUT2D eigenvalue weighted by Gasteiger charge is 2.30. The van der Waals surface area contributed by atoms with E-state index in [0.29, 0.717) is 6.54 Å². The lowest BCUT2D eigenvalue weighted by Gasteiger charge is -2.14. The van der Waals surface area contributed by atoms with E-state index in [1.807, 2.05) is 19.1 Å². The molecule has 1 amide bonds. The number of aromatic nitrogens is 2. The number of fused-ring (bicyclic) bond motifs is 1. The third kappa shape index (κ3) is 2.39. The molecule has 20 heavy (non-hydrogen) atoms. The fourth-order valence-corrected chi connectivity index (χ4v) is 2.53. The highest BCUT2D eigenvalue weighted by molar-refractivity contribution is 5.97. The van der Waals surface area contributed by atoms with Crippen LogP contribution < -0.4 is 11.1 Å². The number of carbonyl (C=O) groups excluding carboxylic acids is 1. The number of benzene rings is 1. The van der Waals surface area contributed by atoms with E-state index in [1.54, 1.807) is 6.20 Å². The van der Waals surface area contributed by atoms with Gasteiger partial charge in [-0.3, -0.25) is 9.89 Å². The number of hydrogen-bond donors (Lipinski definition) is 3. The van der Waals surface area contributed by atoms with Crippen molar-refractivity contribution in [1.29, 1.82) is 0 Å². The standard InChI is InChI=1S/C14H18N4O2/c1-8-4-9-7-16-18-12(9)5-11(8)17-14(19)13-3-2-10(6-15)20-13/h4-5,7,10,13H,2-3,6,15H2,1H3,(H,16,18)(H,17,19)/t10-,13+/m1/s1. The van der Waals surface area contributed by atoms with Gasteiger partial charge in [0.2, 0.25) is 0 Å². The molecule has 1 fully saturated rings. The Hall–Kier alpha value is -1.92. The zero-order valence-corrected chi connectivity index (χ0v) is 11.3. The number of ether oxygens (including phenoxy) is 1. The predicted octanol–water partition coefficient (Wildman–Crippen LogP) is 1.32. The van der Waals surface area contributed by atoms with Gasteiger partial charge in [-0.1, -0.05) is 0 Å². The number of amides is 1. The summed E-state index contributed by atoms with van der Waals surface area (Å²) in [5.41, 5.74) is 8.24. The maximum absolute atomic E-state index is 12.2. The number of anilines is 1. The summed E-state index contributed by atoms with van der Waals surface area (Å²) in [6.45, 7) is 2.42. The van der Waals surface area contributed by atoms with Gasteiger partial charge in [0.15, 0.2) is 0 Å². The van der Waals surface area contributed by atoms with Crippen molar-refractivity contribution in [2.24, 2.45) is 5.73 Å². The molecular formula is C14H18N4O2. The van der Waals surface area contributed by atoms with Crippen molar-refractivity contribution in [3.05, 3.63) is 23.9 Å². The van der Waals surface area contributed by atoms with Crippen LogP contribution in [0.25, 0.3) is 10.9 Å². The molecule has 0 bridgehead atoms. The van der Waals surface area contributed by atoms with Crippen LogP contribution in [-0.2, 0) is 9.53 Å². The maximum atomic E-state index is 12.2. The van der Waals surface area contributed by atoms with Crippen LogP contribution in [0.15, 0.2) is 18.3 Å². The molecule has 3 rings (SSSR count). The molecule has 6 heteroatoms. The van der Waals surface area contributed by atoms with Crippen LogP contribution >= 0.6 is 0 Å². The fraction of sp³-hybridized carbons (Fsp3) is 0.429. The molecule has 0 spiro atoms. The highest BCUT2D eigenvalue weighted by atomic mass is 16.5. The number of aryl methyl sites for hydroxylation is 1. The van der Waals surface area contributed by atoms with Gasteiger partial charge in [-0.25, -0.2) is 0 Å². The van der Waals surface area contributed by atoms with Gasteiger partial charge in [-0.15, -0.1) is 0 Å². The number of carbonyl (C=O) groups is 1. The zero-order valence-electron chi connectivity index (χ0n) is 11.3. The largest absolute Gasteiger partial charge is 0.364 e. The summed E-state index contributed by atoms with van der Waals surface area (Å²) in [5.74, 6) is -0.108. The summed E-state index contributed by atoms with van der Waals surface area (Å²) in [4.78, 5) is 12.2. The molecule has 1 saturated heterocycles. The first-order chi connectivity index (χ1) is 9.67. The maximum Gasteiger partial charge on any atom is 0.253 e. The highest BCUT2D eigenvalue weighted by Crippen LogP contribution is 2.24. The van der Waals surface area contributed by atoms with Crippen LogP contribution in [0.5, 0.6) is 0 Å². The molecule has 0 aliphatic carbocycles. The molecule has 2 aromatic rings. The van der Waals surface area contributed by atoms with E-state index in [1.165, 1.54) is 0 Å². The summed E-state index contributed by atoms with van der Waals surface area (Å²) in [5, 5.41) is 10.8. The van der Waals surface area contributed by atoms with Crippen LogP contribution in [0.3, 0.4) is 0 Å². The minimum Gasteiger partial charge on any atom is -0.364 e. The van der Waals surface area contributed by atoms with Crippen molar-refractivity contribution < 1.29 is 9.53 Å². The average Bonchev–Trinajstić information content (AvgIpc) is 3.07. The molecule has 0 saturated carbocycles. The lowest BCUT2D eigenvalue weighted by molar-refractivity contribution is -0.126. The molecular weight excluding hydrogens is 256 g/mol. The molecule has 0 unspecified atom stereocenters. The molecule has 6 nitrogen and oxygen atoms in total. The normalized spacial score (nSPS) is 22.3. The minimum absolute atomic E-state index is 0.00179. The van der Waals surface area contributed by atoms with Gasteiger partial charge in [-0.2, -0.15) is 5.10 Å². The molecule has 4 N–H and O–H groups in total. The molecule has 0 radical (unpaired) electrons. The molecule has 2 atom stereocenters. The summed E-state index contributed by atoms with van der Waals surface area (Å²) in [7, 11) is 0. The van der Waals surface area contributed by atoms with E-state index < -0.39 is 6.10 Å². The Morgan fingerprint density at radius 1 is 1.55 bits per heavy atom. The lowest BCUT2D eigenvalue weighted by Crippen LogP contribution is -2.30. The fourth-order valence-electron chi connectivity index (χ4n) is 2.53. The van der Waals surface area contributed by atoms with Crippen molar-refractivity contribution in [1.82, 2.24) is 10.2 Å². The smallest absolute Gasteiger partial charge is 0.253 e. The third-order valence-corrected chi connectivity index (χ3v) is 3.71. The number of rotatable bonds is 3. The number of H-pyrrole nitrogens is 1. The molecule has 1 aliphatic rings. The second-order valence-corrected chi connectivity index (χ2v) is 5.17. The van der Waals surface area contributed by atoms with Crippen molar-refractivity contribution in [2.45, 2.75) is 32.0 Å². The van der Waals surface area contributed by atoms with E-state index in [0.717, 1.165) is 35.0 Å². The first-order valence-corrected chi connectivity index (χ1v) is 6.77. The average molecular weight is 274 g/mol. The van der Waals surface area contributed by atoms with Gasteiger partial charge in [0.25, 0.3) is 5.91 Å². The predicted molar refractivity (Wildman–Crippen MR) is 76.4 cm³/mol. The summed E-state index contributed by atoms with van der Waals surface area (Å²) >= 11 is 0. The van der Waals surface area contributed by atoms with Crippen LogP contribution in [0.2, 0.25) is 0 Å². The summed E-state index contributed by atoms with van der Waals surface area (Å²) in [6.07, 6.45) is 2.92. The van der Waals surface area contributed by atoms with Crippen LogP contribution in [0, 0.1) is 6.92 Å². The van der Waals surface area contributed by atoms with E-state index in [4.69, 9.17) is 10.5 Å². The van der Waals surface area contributed by atoms with Crippen molar-refractivity contribution in [3.63, 3.8) is 0 Å². The van der Waals surface area contributed by atoms with Gasteiger partial charge in [0.05, 0.1) is 17.8 Å². The topological polar surface area (TPSA) is 93.0 Å². The Morgan fingerprint density at radius 3 is 3.15 bits per heavy atom. The number of hydrogen-bond acceptors (Lipinski definition) is 4. The molecule has 1 aromatic heterocycles. The number of nitrogens with two attached hydrogens (primary N) is 1. The molecule has 106 valence electrons. The van der Waals surface area contributed by atoms with E-state index >= 15 is 0 Å². The Kier molecular flexibility index (Phi) is 3.42. The summed E-state index contributed by atoms with van der Waals surface area (Å²) in [6, 6.07) is 3.89. The first-order valence-electron chi connectivity index (χ1n) is 6.77. The van der Waals surface area contributed by atoms with Crippen molar-refractivity contribution in [3.8, 4) is 0 Å². The summed E-state index contributed by atoms with van der Waals surface area (Å²) < 4.78 is 5.60. The number of nitrogens with one attached hydrogen (secondary N) is 2. The van der Waals surface area contributed by atoms with Gasteiger partial charge >= 0.3 is 0 Å². The van der Waals surface area contributed by atoms with Crippen LogP contribution in [0.4, 0.5) is 5.69 Å².